The highest BCUT2D eigenvalue weighted by atomic mass is 35.5. The first kappa shape index (κ1) is 23.5. The topological polar surface area (TPSA) is 73.8 Å². The van der Waals surface area contributed by atoms with E-state index in [1.807, 2.05) is 45.0 Å². The van der Waals surface area contributed by atoms with Gasteiger partial charge in [-0.3, -0.25) is 10.2 Å². The van der Waals surface area contributed by atoms with E-state index in [0.717, 1.165) is 52.5 Å². The zero-order chi connectivity index (χ0) is 23.7. The fourth-order valence-electron chi connectivity index (χ4n) is 4.04. The second-order valence-corrected chi connectivity index (χ2v) is 9.87. The Morgan fingerprint density at radius 1 is 1.15 bits per heavy atom. The standard InChI is InChI=1S/C25H28ClN5OS/c1-5-6-7-8-9-22-29-31-23(27)20(24(32)28-25(31)33-22)13-18-12-16(3)30(17(18)4)19-11-10-15(2)21(26)14-19/h10-14,27H,5-9H2,1-4H3/b20-13-,27-23?. The number of amidine groups is 2. The molecule has 4 rings (SSSR count). The van der Waals surface area contributed by atoms with Gasteiger partial charge in [0, 0.05) is 22.1 Å². The number of halogens is 1. The number of rotatable bonds is 7. The first-order valence-corrected chi connectivity index (χ1v) is 12.4. The molecule has 0 spiro atoms. The number of hydrogen-bond donors (Lipinski definition) is 1. The van der Waals surface area contributed by atoms with Crippen molar-refractivity contribution in [2.75, 3.05) is 0 Å². The Bertz CT molecular complexity index is 1220. The first-order chi connectivity index (χ1) is 15.8. The molecule has 2 aromatic rings. The summed E-state index contributed by atoms with van der Waals surface area (Å²) in [5.41, 5.74) is 5.08. The molecular formula is C25H28ClN5OS. The smallest absolute Gasteiger partial charge is 0.283 e. The zero-order valence-electron chi connectivity index (χ0n) is 19.4. The second kappa shape index (κ2) is 9.69. The highest BCUT2D eigenvalue weighted by Crippen LogP contribution is 2.31. The van der Waals surface area contributed by atoms with E-state index in [0.29, 0.717) is 10.2 Å². The third kappa shape index (κ3) is 4.70. The van der Waals surface area contributed by atoms with Gasteiger partial charge in [-0.1, -0.05) is 43.9 Å². The maximum atomic E-state index is 12.8. The van der Waals surface area contributed by atoms with Crippen molar-refractivity contribution in [2.45, 2.75) is 59.8 Å². The monoisotopic (exact) mass is 481 g/mol. The summed E-state index contributed by atoms with van der Waals surface area (Å²) in [5, 5.41) is 16.8. The normalized spacial score (nSPS) is 17.0. The van der Waals surface area contributed by atoms with Crippen molar-refractivity contribution < 1.29 is 4.79 Å². The number of nitrogens with one attached hydrogen (secondary N) is 1. The minimum absolute atomic E-state index is 0.0734. The van der Waals surface area contributed by atoms with Gasteiger partial charge < -0.3 is 4.57 Å². The molecule has 1 amide bonds. The van der Waals surface area contributed by atoms with Gasteiger partial charge in [-0.15, -0.1) is 0 Å². The highest BCUT2D eigenvalue weighted by molar-refractivity contribution is 8.26. The quantitative estimate of drug-likeness (QED) is 0.355. The lowest BCUT2D eigenvalue weighted by Crippen LogP contribution is -2.35. The fraction of sp³-hybridized carbons (Fsp3) is 0.360. The number of benzene rings is 1. The summed E-state index contributed by atoms with van der Waals surface area (Å²) in [5.74, 6) is -0.325. The summed E-state index contributed by atoms with van der Waals surface area (Å²) >= 11 is 7.75. The Labute approximate surface area is 203 Å². The lowest BCUT2D eigenvalue weighted by atomic mass is 10.1. The summed E-state index contributed by atoms with van der Waals surface area (Å²) in [7, 11) is 0. The summed E-state index contributed by atoms with van der Waals surface area (Å²) in [6, 6.07) is 7.97. The largest absolute Gasteiger partial charge is 0.318 e. The summed E-state index contributed by atoms with van der Waals surface area (Å²) in [4.78, 5) is 17.0. The number of aryl methyl sites for hydroxylation is 2. The third-order valence-corrected chi connectivity index (χ3v) is 7.30. The summed E-state index contributed by atoms with van der Waals surface area (Å²) in [6.45, 7) is 8.17. The van der Waals surface area contributed by atoms with Gasteiger partial charge in [0.05, 0.1) is 5.57 Å². The van der Waals surface area contributed by atoms with Crippen LogP contribution in [0.2, 0.25) is 5.02 Å². The minimum atomic E-state index is -0.399. The number of carbonyl (C=O) groups excluding carboxylic acids is 1. The van der Waals surface area contributed by atoms with Gasteiger partial charge in [0.25, 0.3) is 5.91 Å². The Balaban J connectivity index is 1.61. The molecule has 0 aliphatic carbocycles. The summed E-state index contributed by atoms with van der Waals surface area (Å²) in [6.07, 6.45) is 7.20. The number of hydrazone groups is 1. The molecule has 0 unspecified atom stereocenters. The van der Waals surface area contributed by atoms with Crippen LogP contribution >= 0.6 is 23.4 Å². The number of carbonyl (C=O) groups is 1. The van der Waals surface area contributed by atoms with E-state index in [4.69, 9.17) is 17.0 Å². The number of aromatic nitrogens is 1. The fourth-order valence-corrected chi connectivity index (χ4v) is 5.14. The number of fused-ring (bicyclic) bond motifs is 1. The molecule has 0 saturated carbocycles. The number of aliphatic imine (C=N–C) groups is 1. The van der Waals surface area contributed by atoms with Gasteiger partial charge in [-0.25, -0.2) is 0 Å². The Morgan fingerprint density at radius 3 is 2.67 bits per heavy atom. The molecule has 2 aliphatic heterocycles. The van der Waals surface area contributed by atoms with Crippen LogP contribution in [0.1, 0.15) is 61.5 Å². The van der Waals surface area contributed by atoms with Gasteiger partial charge in [0.2, 0.25) is 5.17 Å². The van der Waals surface area contributed by atoms with Crippen LogP contribution in [0.3, 0.4) is 0 Å². The van der Waals surface area contributed by atoms with Crippen molar-refractivity contribution in [3.63, 3.8) is 0 Å². The maximum Gasteiger partial charge on any atom is 0.283 e. The molecule has 172 valence electrons. The van der Waals surface area contributed by atoms with Crippen LogP contribution in [-0.4, -0.2) is 31.5 Å². The average molecular weight is 482 g/mol. The van der Waals surface area contributed by atoms with Crippen molar-refractivity contribution >= 4 is 51.4 Å². The average Bonchev–Trinajstić information content (AvgIpc) is 3.30. The Hall–Kier alpha value is -2.64. The second-order valence-electron chi connectivity index (χ2n) is 8.42. The molecule has 2 aliphatic rings. The van der Waals surface area contributed by atoms with Gasteiger partial charge in [-0.05, 0) is 80.8 Å². The molecule has 3 heterocycles. The number of thioether (sulfide) groups is 1. The van der Waals surface area contributed by atoms with Crippen LogP contribution in [0.4, 0.5) is 0 Å². The maximum absolute atomic E-state index is 12.8. The van der Waals surface area contributed by atoms with E-state index in [1.54, 1.807) is 6.08 Å². The number of hydrogen-bond acceptors (Lipinski definition) is 4. The third-order valence-electron chi connectivity index (χ3n) is 5.92. The van der Waals surface area contributed by atoms with Crippen molar-refractivity contribution in [3.8, 4) is 5.69 Å². The number of unbranched alkanes of at least 4 members (excludes halogenated alkanes) is 3. The first-order valence-electron chi connectivity index (χ1n) is 11.2. The Morgan fingerprint density at radius 2 is 1.94 bits per heavy atom. The molecule has 0 radical (unpaired) electrons. The predicted molar refractivity (Wildman–Crippen MR) is 139 cm³/mol. The van der Waals surface area contributed by atoms with Crippen LogP contribution in [0.5, 0.6) is 0 Å². The van der Waals surface area contributed by atoms with E-state index in [9.17, 15) is 4.79 Å². The van der Waals surface area contributed by atoms with Gasteiger partial charge in [0.1, 0.15) is 5.04 Å². The summed E-state index contributed by atoms with van der Waals surface area (Å²) < 4.78 is 2.10. The molecule has 1 aromatic carbocycles. The van der Waals surface area contributed by atoms with E-state index in [1.165, 1.54) is 29.6 Å². The zero-order valence-corrected chi connectivity index (χ0v) is 21.0. The predicted octanol–water partition coefficient (Wildman–Crippen LogP) is 6.65. The van der Waals surface area contributed by atoms with Crippen molar-refractivity contribution in [1.29, 1.82) is 5.41 Å². The molecule has 8 heteroatoms. The minimum Gasteiger partial charge on any atom is -0.318 e. The highest BCUT2D eigenvalue weighted by Gasteiger charge is 2.35. The molecule has 1 aromatic heterocycles. The van der Waals surface area contributed by atoms with Crippen LogP contribution in [0.15, 0.2) is 39.9 Å². The lowest BCUT2D eigenvalue weighted by molar-refractivity contribution is -0.114. The van der Waals surface area contributed by atoms with Gasteiger partial charge >= 0.3 is 0 Å². The van der Waals surface area contributed by atoms with Crippen LogP contribution in [0, 0.1) is 26.2 Å². The number of amides is 1. The van der Waals surface area contributed by atoms with Gasteiger partial charge in [-0.2, -0.15) is 15.1 Å². The van der Waals surface area contributed by atoms with E-state index in [2.05, 4.69) is 21.6 Å². The van der Waals surface area contributed by atoms with Crippen molar-refractivity contribution in [2.24, 2.45) is 10.1 Å². The number of nitrogens with zero attached hydrogens (tertiary/aromatic N) is 4. The molecule has 1 N–H and O–H groups in total. The van der Waals surface area contributed by atoms with Crippen LogP contribution in [-0.2, 0) is 4.79 Å². The molecule has 0 saturated heterocycles. The SMILES string of the molecule is CCCCCCC1=NN2C(=N)/C(=C/c3cc(C)n(-c4ccc(C)c(Cl)c4)c3C)C(=O)N=C2S1. The molecule has 6 nitrogen and oxygen atoms in total. The lowest BCUT2D eigenvalue weighted by Gasteiger charge is -2.20. The molecule has 33 heavy (non-hydrogen) atoms. The molecule has 0 bridgehead atoms. The van der Waals surface area contributed by atoms with E-state index in [-0.39, 0.29) is 11.4 Å². The van der Waals surface area contributed by atoms with E-state index < -0.39 is 5.91 Å². The molecule has 0 atom stereocenters. The van der Waals surface area contributed by atoms with Gasteiger partial charge in [0.15, 0.2) is 5.84 Å². The van der Waals surface area contributed by atoms with Crippen LogP contribution < -0.4 is 0 Å². The molecular weight excluding hydrogens is 454 g/mol. The van der Waals surface area contributed by atoms with Crippen LogP contribution in [0.25, 0.3) is 11.8 Å². The molecule has 0 fully saturated rings. The van der Waals surface area contributed by atoms with Crippen molar-refractivity contribution in [1.82, 2.24) is 9.58 Å². The van der Waals surface area contributed by atoms with Crippen molar-refractivity contribution in [3.05, 3.63) is 57.4 Å². The Kier molecular flexibility index (Phi) is 6.91. The van der Waals surface area contributed by atoms with E-state index >= 15 is 0 Å².